The fourth-order valence-corrected chi connectivity index (χ4v) is 3.79. The van der Waals surface area contributed by atoms with Crippen molar-refractivity contribution in [3.05, 3.63) is 60.2 Å². The third-order valence-corrected chi connectivity index (χ3v) is 5.20. The van der Waals surface area contributed by atoms with Gasteiger partial charge in [0.25, 0.3) is 0 Å². The smallest absolute Gasteiger partial charge is 0.316 e. The Bertz CT molecular complexity index is 797. The summed E-state index contributed by atoms with van der Waals surface area (Å²) in [6.07, 6.45) is 0. The van der Waals surface area contributed by atoms with Gasteiger partial charge < -0.3 is 4.74 Å². The molecule has 0 spiro atoms. The number of nitrogens with zero attached hydrogens (tertiary/aromatic N) is 1. The quantitative estimate of drug-likeness (QED) is 0.387. The van der Waals surface area contributed by atoms with Crippen LogP contribution in [0.1, 0.15) is 10.4 Å². The number of para-hydroxylation sites is 1. The first-order chi connectivity index (χ1) is 11.2. The van der Waals surface area contributed by atoms with Crippen LogP contribution in [0.3, 0.4) is 0 Å². The Morgan fingerprint density at radius 2 is 1.78 bits per heavy atom. The molecule has 0 amide bonds. The van der Waals surface area contributed by atoms with E-state index in [1.54, 1.807) is 24.3 Å². The fraction of sp³-hybridized carbons (Fsp3) is 0.118. The first kappa shape index (κ1) is 15.7. The van der Waals surface area contributed by atoms with Crippen molar-refractivity contribution in [2.24, 2.45) is 0 Å². The molecule has 6 heteroatoms. The van der Waals surface area contributed by atoms with E-state index in [9.17, 15) is 9.59 Å². The summed E-state index contributed by atoms with van der Waals surface area (Å²) < 4.78 is 6.92. The molecular weight excluding hydrogens is 330 g/mol. The standard InChI is InChI=1S/C17H13NO3S2/c19-14(12-6-2-1-3-7-12)10-21-16(20)11-22-17-18-13-8-4-5-9-15(13)23-17/h1-9H,10-11H2. The number of benzene rings is 2. The Balaban J connectivity index is 1.49. The van der Waals surface area contributed by atoms with Crippen molar-refractivity contribution in [3.63, 3.8) is 0 Å². The average molecular weight is 343 g/mol. The Hall–Kier alpha value is -2.18. The molecule has 1 aromatic heterocycles. The van der Waals surface area contributed by atoms with Crippen molar-refractivity contribution in [3.8, 4) is 0 Å². The van der Waals surface area contributed by atoms with Crippen LogP contribution in [0.5, 0.6) is 0 Å². The van der Waals surface area contributed by atoms with Gasteiger partial charge in [-0.3, -0.25) is 9.59 Å². The van der Waals surface area contributed by atoms with Crippen LogP contribution in [0, 0.1) is 0 Å². The predicted molar refractivity (Wildman–Crippen MR) is 92.1 cm³/mol. The molecule has 0 fully saturated rings. The number of thioether (sulfide) groups is 1. The second kappa shape index (κ2) is 7.39. The minimum atomic E-state index is -0.418. The van der Waals surface area contributed by atoms with E-state index in [2.05, 4.69) is 4.98 Å². The van der Waals surface area contributed by atoms with Crippen LogP contribution in [-0.2, 0) is 9.53 Å². The van der Waals surface area contributed by atoms with Gasteiger partial charge in [-0.15, -0.1) is 11.3 Å². The molecule has 0 aliphatic rings. The first-order valence-corrected chi connectivity index (χ1v) is 8.75. The molecular formula is C17H13NO3S2. The van der Waals surface area contributed by atoms with Crippen LogP contribution < -0.4 is 0 Å². The molecule has 4 nitrogen and oxygen atoms in total. The van der Waals surface area contributed by atoms with Gasteiger partial charge in [0.15, 0.2) is 16.7 Å². The highest BCUT2D eigenvalue weighted by Gasteiger charge is 2.11. The number of ketones is 1. The molecule has 116 valence electrons. The third kappa shape index (κ3) is 4.18. The first-order valence-electron chi connectivity index (χ1n) is 6.94. The minimum absolute atomic E-state index is 0.141. The van der Waals surface area contributed by atoms with E-state index in [0.29, 0.717) is 5.56 Å². The molecule has 3 aromatic rings. The highest BCUT2D eigenvalue weighted by atomic mass is 32.2. The molecule has 0 radical (unpaired) electrons. The van der Waals surface area contributed by atoms with Crippen LogP contribution >= 0.6 is 23.1 Å². The number of esters is 1. The van der Waals surface area contributed by atoms with Crippen molar-refractivity contribution < 1.29 is 14.3 Å². The predicted octanol–water partition coefficient (Wildman–Crippen LogP) is 3.81. The number of carbonyl (C=O) groups excluding carboxylic acids is 2. The number of fused-ring (bicyclic) bond motifs is 1. The van der Waals surface area contributed by atoms with Crippen LogP contribution in [0.4, 0.5) is 0 Å². The number of aromatic nitrogens is 1. The van der Waals surface area contributed by atoms with E-state index in [0.717, 1.165) is 14.6 Å². The molecule has 0 unspecified atom stereocenters. The Morgan fingerprint density at radius 3 is 2.57 bits per heavy atom. The van der Waals surface area contributed by atoms with Crippen molar-refractivity contribution in [1.82, 2.24) is 4.98 Å². The molecule has 0 aliphatic heterocycles. The van der Waals surface area contributed by atoms with E-state index in [1.165, 1.54) is 23.1 Å². The SMILES string of the molecule is O=C(CSc1nc2ccccc2s1)OCC(=O)c1ccccc1. The van der Waals surface area contributed by atoms with E-state index in [1.807, 2.05) is 30.3 Å². The third-order valence-electron chi connectivity index (χ3n) is 3.05. The normalized spacial score (nSPS) is 10.6. The fourth-order valence-electron chi connectivity index (χ4n) is 1.93. The van der Waals surface area contributed by atoms with Gasteiger partial charge in [0, 0.05) is 5.56 Å². The molecule has 0 aliphatic carbocycles. The highest BCUT2D eigenvalue weighted by Crippen LogP contribution is 2.29. The molecule has 0 saturated carbocycles. The molecule has 23 heavy (non-hydrogen) atoms. The summed E-state index contributed by atoms with van der Waals surface area (Å²) in [5.74, 6) is -0.482. The zero-order valence-corrected chi connectivity index (χ0v) is 13.7. The monoisotopic (exact) mass is 343 g/mol. The number of hydrogen-bond acceptors (Lipinski definition) is 6. The van der Waals surface area contributed by atoms with Crippen molar-refractivity contribution in [2.75, 3.05) is 12.4 Å². The zero-order chi connectivity index (χ0) is 16.1. The molecule has 0 N–H and O–H groups in total. The van der Waals surface area contributed by atoms with Gasteiger partial charge in [-0.25, -0.2) is 4.98 Å². The number of rotatable bonds is 6. The molecule has 2 aromatic carbocycles. The molecule has 1 heterocycles. The van der Waals surface area contributed by atoms with Crippen LogP contribution in [0.25, 0.3) is 10.2 Å². The number of hydrogen-bond donors (Lipinski definition) is 0. The van der Waals surface area contributed by atoms with Crippen molar-refractivity contribution in [2.45, 2.75) is 4.34 Å². The lowest BCUT2D eigenvalue weighted by Gasteiger charge is -2.03. The summed E-state index contributed by atoms with van der Waals surface area (Å²) >= 11 is 2.86. The number of carbonyl (C=O) groups is 2. The van der Waals surface area contributed by atoms with Gasteiger partial charge in [0.1, 0.15) is 0 Å². The van der Waals surface area contributed by atoms with Gasteiger partial charge in [0.2, 0.25) is 0 Å². The van der Waals surface area contributed by atoms with E-state index < -0.39 is 5.97 Å². The van der Waals surface area contributed by atoms with E-state index in [-0.39, 0.29) is 18.1 Å². The molecule has 3 rings (SSSR count). The minimum Gasteiger partial charge on any atom is -0.457 e. The van der Waals surface area contributed by atoms with Crippen LogP contribution in [0.2, 0.25) is 0 Å². The van der Waals surface area contributed by atoms with Gasteiger partial charge in [-0.2, -0.15) is 0 Å². The zero-order valence-electron chi connectivity index (χ0n) is 12.1. The lowest BCUT2D eigenvalue weighted by molar-refractivity contribution is -0.139. The summed E-state index contributed by atoms with van der Waals surface area (Å²) in [5, 5.41) is 0. The highest BCUT2D eigenvalue weighted by molar-refractivity contribution is 8.01. The maximum Gasteiger partial charge on any atom is 0.316 e. The Labute approximate surface area is 141 Å². The average Bonchev–Trinajstić information content (AvgIpc) is 3.01. The molecule has 0 atom stereocenters. The van der Waals surface area contributed by atoms with Gasteiger partial charge in [-0.1, -0.05) is 54.2 Å². The largest absolute Gasteiger partial charge is 0.457 e. The molecule has 0 bridgehead atoms. The summed E-state index contributed by atoms with van der Waals surface area (Å²) in [6, 6.07) is 16.6. The summed E-state index contributed by atoms with van der Waals surface area (Å²) in [5.41, 5.74) is 1.46. The van der Waals surface area contributed by atoms with Gasteiger partial charge in [0.05, 0.1) is 16.0 Å². The van der Waals surface area contributed by atoms with E-state index >= 15 is 0 Å². The van der Waals surface area contributed by atoms with Crippen LogP contribution in [0.15, 0.2) is 58.9 Å². The van der Waals surface area contributed by atoms with Crippen molar-refractivity contribution in [1.29, 1.82) is 0 Å². The second-order valence-electron chi connectivity index (χ2n) is 4.69. The maximum atomic E-state index is 11.8. The lowest BCUT2D eigenvalue weighted by Crippen LogP contribution is -2.15. The van der Waals surface area contributed by atoms with Crippen molar-refractivity contribution >= 4 is 45.1 Å². The van der Waals surface area contributed by atoms with Gasteiger partial charge in [-0.05, 0) is 12.1 Å². The number of thiazole rings is 1. The summed E-state index contributed by atoms with van der Waals surface area (Å²) in [7, 11) is 0. The number of Topliss-reactive ketones (excluding diaryl/α,β-unsaturated/α-hetero) is 1. The Morgan fingerprint density at radius 1 is 1.04 bits per heavy atom. The topological polar surface area (TPSA) is 56.3 Å². The molecule has 0 saturated heterocycles. The van der Waals surface area contributed by atoms with E-state index in [4.69, 9.17) is 4.74 Å². The van der Waals surface area contributed by atoms with Gasteiger partial charge >= 0.3 is 5.97 Å². The summed E-state index contributed by atoms with van der Waals surface area (Å²) in [4.78, 5) is 28.0. The van der Waals surface area contributed by atoms with Crippen LogP contribution in [-0.4, -0.2) is 29.1 Å². The maximum absolute atomic E-state index is 11.8. The number of ether oxygens (including phenoxy) is 1. The Kier molecular flexibility index (Phi) is 5.05. The second-order valence-corrected chi connectivity index (χ2v) is 6.94. The summed E-state index contributed by atoms with van der Waals surface area (Å²) in [6.45, 7) is -0.233. The lowest BCUT2D eigenvalue weighted by atomic mass is 10.1.